The summed E-state index contributed by atoms with van der Waals surface area (Å²) in [6, 6.07) is 5.08. The molecular formula is C15H14O6. The fraction of sp³-hybridized carbons (Fsp3) is 0.267. The third-order valence-corrected chi connectivity index (χ3v) is 2.76. The number of carbonyl (C=O) groups is 2. The van der Waals surface area contributed by atoms with Gasteiger partial charge in [-0.1, -0.05) is 6.07 Å². The molecule has 0 atom stereocenters. The lowest BCUT2D eigenvalue weighted by molar-refractivity contribution is -0.186. The minimum Gasteiger partial charge on any atom is -0.463 e. The first-order chi connectivity index (χ1) is 9.88. The van der Waals surface area contributed by atoms with E-state index in [1.54, 1.807) is 18.2 Å². The number of fused-ring (bicyclic) bond motifs is 1. The molecule has 1 heterocycles. The van der Waals surface area contributed by atoms with Crippen LogP contribution in [0.25, 0.3) is 11.0 Å². The number of aryl methyl sites for hydroxylation is 1. The fourth-order valence-corrected chi connectivity index (χ4v) is 1.87. The summed E-state index contributed by atoms with van der Waals surface area (Å²) in [7, 11) is 0. The predicted molar refractivity (Wildman–Crippen MR) is 73.5 cm³/mol. The Morgan fingerprint density at radius 3 is 2.33 bits per heavy atom. The van der Waals surface area contributed by atoms with Crippen molar-refractivity contribution in [2.24, 2.45) is 0 Å². The number of benzene rings is 1. The maximum Gasteiger partial charge on any atom is 0.305 e. The van der Waals surface area contributed by atoms with Crippen LogP contribution < -0.4 is 5.43 Å². The van der Waals surface area contributed by atoms with Crippen LogP contribution in [0.3, 0.4) is 0 Å². The number of esters is 2. The third-order valence-electron chi connectivity index (χ3n) is 2.76. The number of hydrogen-bond acceptors (Lipinski definition) is 6. The SMILES string of the molecule is CC(=O)OC(OC(C)=O)c1coc2cc(C)ccc2c1=O. The molecule has 0 aliphatic carbocycles. The molecule has 0 radical (unpaired) electrons. The summed E-state index contributed by atoms with van der Waals surface area (Å²) in [4.78, 5) is 34.6. The van der Waals surface area contributed by atoms with Gasteiger partial charge in [0, 0.05) is 13.8 Å². The Kier molecular flexibility index (Phi) is 4.07. The molecule has 0 unspecified atom stereocenters. The van der Waals surface area contributed by atoms with Gasteiger partial charge in [-0.05, 0) is 24.6 Å². The standard InChI is InChI=1S/C15H14O6/c1-8-4-5-11-13(6-8)19-7-12(14(11)18)15(20-9(2)16)21-10(3)17/h4-7,15H,1-3H3. The summed E-state index contributed by atoms with van der Waals surface area (Å²) < 4.78 is 15.1. The van der Waals surface area contributed by atoms with Crippen LogP contribution in [0.2, 0.25) is 0 Å². The molecule has 0 fully saturated rings. The van der Waals surface area contributed by atoms with E-state index in [9.17, 15) is 14.4 Å². The van der Waals surface area contributed by atoms with E-state index in [4.69, 9.17) is 13.9 Å². The first-order valence-electron chi connectivity index (χ1n) is 6.25. The van der Waals surface area contributed by atoms with Crippen molar-refractivity contribution in [3.05, 3.63) is 45.8 Å². The molecule has 0 aliphatic heterocycles. The van der Waals surface area contributed by atoms with Gasteiger partial charge in [0.1, 0.15) is 17.4 Å². The van der Waals surface area contributed by atoms with Crippen LogP contribution in [-0.2, 0) is 19.1 Å². The number of rotatable bonds is 3. The van der Waals surface area contributed by atoms with Gasteiger partial charge in [0.25, 0.3) is 6.29 Å². The van der Waals surface area contributed by atoms with Gasteiger partial charge < -0.3 is 13.9 Å². The van der Waals surface area contributed by atoms with Crippen LogP contribution in [0.1, 0.15) is 31.3 Å². The van der Waals surface area contributed by atoms with Gasteiger partial charge in [-0.15, -0.1) is 0 Å². The summed E-state index contributed by atoms with van der Waals surface area (Å²) in [6.07, 6.45) is -0.275. The zero-order chi connectivity index (χ0) is 15.6. The quantitative estimate of drug-likeness (QED) is 0.636. The number of carbonyl (C=O) groups excluding carboxylic acids is 2. The van der Waals surface area contributed by atoms with Crippen LogP contribution in [0, 0.1) is 6.92 Å². The van der Waals surface area contributed by atoms with Crippen molar-refractivity contribution in [2.45, 2.75) is 27.1 Å². The molecule has 0 aliphatic rings. The van der Waals surface area contributed by atoms with Crippen LogP contribution in [0.4, 0.5) is 0 Å². The second-order valence-electron chi connectivity index (χ2n) is 4.57. The summed E-state index contributed by atoms with van der Waals surface area (Å²) in [5, 5.41) is 0.322. The highest BCUT2D eigenvalue weighted by Gasteiger charge is 2.23. The lowest BCUT2D eigenvalue weighted by atomic mass is 10.1. The monoisotopic (exact) mass is 290 g/mol. The Hall–Kier alpha value is -2.63. The summed E-state index contributed by atoms with van der Waals surface area (Å²) in [5.41, 5.74) is 0.892. The van der Waals surface area contributed by atoms with Gasteiger partial charge >= 0.3 is 11.9 Å². The van der Waals surface area contributed by atoms with Gasteiger partial charge in [0.05, 0.1) is 5.39 Å². The molecule has 110 valence electrons. The fourth-order valence-electron chi connectivity index (χ4n) is 1.87. The molecule has 6 nitrogen and oxygen atoms in total. The normalized spacial score (nSPS) is 10.7. The van der Waals surface area contributed by atoms with Crippen molar-refractivity contribution in [3.63, 3.8) is 0 Å². The molecule has 0 saturated carbocycles. The van der Waals surface area contributed by atoms with Gasteiger partial charge in [-0.25, -0.2) is 0 Å². The molecule has 1 aromatic heterocycles. The van der Waals surface area contributed by atoms with Gasteiger partial charge in [0.15, 0.2) is 0 Å². The Labute approximate surface area is 120 Å². The Balaban J connectivity index is 2.55. The largest absolute Gasteiger partial charge is 0.463 e. The van der Waals surface area contributed by atoms with Crippen LogP contribution >= 0.6 is 0 Å². The van der Waals surface area contributed by atoms with E-state index in [0.717, 1.165) is 25.7 Å². The second-order valence-corrected chi connectivity index (χ2v) is 4.57. The Bertz CT molecular complexity index is 742. The van der Waals surface area contributed by atoms with Crippen LogP contribution in [0.15, 0.2) is 33.7 Å². The molecule has 0 saturated heterocycles. The Morgan fingerprint density at radius 1 is 1.14 bits per heavy atom. The second kappa shape index (κ2) is 5.78. The minimum atomic E-state index is -1.41. The van der Waals surface area contributed by atoms with E-state index < -0.39 is 23.7 Å². The summed E-state index contributed by atoms with van der Waals surface area (Å²) >= 11 is 0. The molecule has 1 aromatic carbocycles. The lowest BCUT2D eigenvalue weighted by Crippen LogP contribution is -2.21. The average Bonchev–Trinajstić information content (AvgIpc) is 2.37. The van der Waals surface area contributed by atoms with Crippen LogP contribution in [0.5, 0.6) is 0 Å². The van der Waals surface area contributed by atoms with Gasteiger partial charge in [-0.2, -0.15) is 0 Å². The van der Waals surface area contributed by atoms with Gasteiger partial charge in [-0.3, -0.25) is 14.4 Å². The zero-order valence-electron chi connectivity index (χ0n) is 11.8. The highest BCUT2D eigenvalue weighted by molar-refractivity contribution is 5.77. The van der Waals surface area contributed by atoms with E-state index in [1.807, 2.05) is 6.92 Å². The van der Waals surface area contributed by atoms with E-state index in [1.165, 1.54) is 0 Å². The summed E-state index contributed by atoms with van der Waals surface area (Å²) in [5.74, 6) is -1.35. The number of hydrogen-bond donors (Lipinski definition) is 0. The van der Waals surface area contributed by atoms with Crippen molar-refractivity contribution in [2.75, 3.05) is 0 Å². The zero-order valence-corrected chi connectivity index (χ0v) is 11.8. The smallest absolute Gasteiger partial charge is 0.305 e. The molecule has 2 aromatic rings. The molecule has 0 spiro atoms. The molecule has 0 N–H and O–H groups in total. The van der Waals surface area contributed by atoms with Crippen molar-refractivity contribution >= 4 is 22.9 Å². The van der Waals surface area contributed by atoms with Gasteiger partial charge in [0.2, 0.25) is 5.43 Å². The van der Waals surface area contributed by atoms with Crippen LogP contribution in [-0.4, -0.2) is 11.9 Å². The molecule has 0 amide bonds. The van der Waals surface area contributed by atoms with E-state index in [2.05, 4.69) is 0 Å². The van der Waals surface area contributed by atoms with Crippen molar-refractivity contribution in [1.29, 1.82) is 0 Å². The predicted octanol–water partition coefficient (Wildman–Crippen LogP) is 2.23. The highest BCUT2D eigenvalue weighted by Crippen LogP contribution is 2.20. The molecule has 2 rings (SSSR count). The maximum atomic E-state index is 12.4. The Morgan fingerprint density at radius 2 is 1.76 bits per heavy atom. The van der Waals surface area contributed by atoms with E-state index >= 15 is 0 Å². The topological polar surface area (TPSA) is 82.8 Å². The van der Waals surface area contributed by atoms with Crippen molar-refractivity contribution in [3.8, 4) is 0 Å². The number of ether oxygens (including phenoxy) is 2. The van der Waals surface area contributed by atoms with Crippen molar-refractivity contribution < 1.29 is 23.5 Å². The molecule has 21 heavy (non-hydrogen) atoms. The molecule has 6 heteroatoms. The lowest BCUT2D eigenvalue weighted by Gasteiger charge is -2.16. The van der Waals surface area contributed by atoms with E-state index in [-0.39, 0.29) is 5.56 Å². The first-order valence-corrected chi connectivity index (χ1v) is 6.25. The highest BCUT2D eigenvalue weighted by atomic mass is 16.7. The average molecular weight is 290 g/mol. The van der Waals surface area contributed by atoms with E-state index in [0.29, 0.717) is 11.0 Å². The maximum absolute atomic E-state index is 12.4. The summed E-state index contributed by atoms with van der Waals surface area (Å²) in [6.45, 7) is 4.18. The first kappa shape index (κ1) is 14.8. The molecule has 0 bridgehead atoms. The van der Waals surface area contributed by atoms with Crippen molar-refractivity contribution in [1.82, 2.24) is 0 Å². The minimum absolute atomic E-state index is 0.0447. The molecular weight excluding hydrogens is 276 g/mol. The third kappa shape index (κ3) is 3.28.